The van der Waals surface area contributed by atoms with Crippen LogP contribution in [0.4, 0.5) is 0 Å². The normalized spacial score (nSPS) is 12.4. The SMILES string of the molecule is Cc1cc(C(=O)NCC(C)O)c2cc(Cl)ccc2n1. The number of rotatable bonds is 3. The van der Waals surface area contributed by atoms with E-state index in [2.05, 4.69) is 10.3 Å². The maximum atomic E-state index is 12.1. The average molecular weight is 279 g/mol. The van der Waals surface area contributed by atoms with Crippen LogP contribution in [0, 0.1) is 6.92 Å². The molecule has 0 aliphatic heterocycles. The van der Waals surface area contributed by atoms with Gasteiger partial charge in [0.25, 0.3) is 5.91 Å². The molecule has 1 unspecified atom stereocenters. The zero-order chi connectivity index (χ0) is 14.0. The summed E-state index contributed by atoms with van der Waals surface area (Å²) in [4.78, 5) is 16.5. The van der Waals surface area contributed by atoms with E-state index < -0.39 is 6.10 Å². The van der Waals surface area contributed by atoms with Gasteiger partial charge in [-0.15, -0.1) is 0 Å². The number of aryl methyl sites for hydroxylation is 1. The lowest BCUT2D eigenvalue weighted by molar-refractivity contribution is 0.0925. The van der Waals surface area contributed by atoms with Crippen molar-refractivity contribution in [2.24, 2.45) is 0 Å². The molecule has 2 rings (SSSR count). The van der Waals surface area contributed by atoms with Crippen molar-refractivity contribution in [1.29, 1.82) is 0 Å². The Balaban J connectivity index is 2.46. The molecule has 0 saturated heterocycles. The summed E-state index contributed by atoms with van der Waals surface area (Å²) < 4.78 is 0. The smallest absolute Gasteiger partial charge is 0.252 e. The number of amides is 1. The number of aliphatic hydroxyl groups excluding tert-OH is 1. The van der Waals surface area contributed by atoms with Gasteiger partial charge in [0.15, 0.2) is 0 Å². The van der Waals surface area contributed by atoms with Crippen LogP contribution >= 0.6 is 11.6 Å². The first kappa shape index (κ1) is 13.8. The van der Waals surface area contributed by atoms with E-state index in [1.54, 1.807) is 31.2 Å². The number of halogens is 1. The Morgan fingerprint density at radius 1 is 1.47 bits per heavy atom. The standard InChI is InChI=1S/C14H15ClN2O2/c1-8-5-12(14(19)16-7-9(2)18)11-6-10(15)3-4-13(11)17-8/h3-6,9,18H,7H2,1-2H3,(H,16,19). The Hall–Kier alpha value is -1.65. The van der Waals surface area contributed by atoms with Gasteiger partial charge < -0.3 is 10.4 Å². The predicted molar refractivity (Wildman–Crippen MR) is 75.5 cm³/mol. The highest BCUT2D eigenvalue weighted by molar-refractivity contribution is 6.31. The Labute approximate surface area is 116 Å². The van der Waals surface area contributed by atoms with E-state index in [0.29, 0.717) is 16.0 Å². The highest BCUT2D eigenvalue weighted by atomic mass is 35.5. The first-order valence-corrected chi connectivity index (χ1v) is 6.38. The van der Waals surface area contributed by atoms with Crippen LogP contribution in [0.2, 0.25) is 5.02 Å². The molecule has 0 bridgehead atoms. The molecule has 2 aromatic rings. The summed E-state index contributed by atoms with van der Waals surface area (Å²) in [5.74, 6) is -0.237. The molecule has 0 spiro atoms. The fourth-order valence-electron chi connectivity index (χ4n) is 1.85. The molecule has 1 aromatic carbocycles. The summed E-state index contributed by atoms with van der Waals surface area (Å²) in [6.45, 7) is 3.66. The van der Waals surface area contributed by atoms with Gasteiger partial charge in [0.2, 0.25) is 0 Å². The fraction of sp³-hybridized carbons (Fsp3) is 0.286. The van der Waals surface area contributed by atoms with Crippen molar-refractivity contribution in [3.05, 3.63) is 40.5 Å². The maximum absolute atomic E-state index is 12.1. The summed E-state index contributed by atoms with van der Waals surface area (Å²) in [6.07, 6.45) is -0.582. The molecule has 1 aromatic heterocycles. The molecule has 0 fully saturated rings. The van der Waals surface area contributed by atoms with Crippen molar-refractivity contribution in [1.82, 2.24) is 10.3 Å². The van der Waals surface area contributed by atoms with Gasteiger partial charge in [0.1, 0.15) is 0 Å². The van der Waals surface area contributed by atoms with Crippen molar-refractivity contribution in [2.45, 2.75) is 20.0 Å². The Kier molecular flexibility index (Phi) is 4.02. The zero-order valence-electron chi connectivity index (χ0n) is 10.8. The second kappa shape index (κ2) is 5.55. The molecule has 0 aliphatic carbocycles. The van der Waals surface area contributed by atoms with Gasteiger partial charge >= 0.3 is 0 Å². The molecule has 0 saturated carbocycles. The number of hydrogen-bond donors (Lipinski definition) is 2. The molecule has 19 heavy (non-hydrogen) atoms. The summed E-state index contributed by atoms with van der Waals surface area (Å²) in [7, 11) is 0. The molecule has 5 heteroatoms. The number of pyridine rings is 1. The third-order valence-corrected chi connectivity index (χ3v) is 2.94. The van der Waals surface area contributed by atoms with Gasteiger partial charge in [-0.3, -0.25) is 9.78 Å². The third-order valence-electron chi connectivity index (χ3n) is 2.70. The minimum absolute atomic E-state index is 0.211. The number of fused-ring (bicyclic) bond motifs is 1. The third kappa shape index (κ3) is 3.22. The molecule has 0 aliphatic rings. The number of hydrogen-bond acceptors (Lipinski definition) is 3. The maximum Gasteiger partial charge on any atom is 0.252 e. The van der Waals surface area contributed by atoms with Gasteiger partial charge in [-0.05, 0) is 38.1 Å². The van der Waals surface area contributed by atoms with E-state index in [-0.39, 0.29) is 12.5 Å². The lowest BCUT2D eigenvalue weighted by Gasteiger charge is -2.10. The number of carbonyl (C=O) groups excluding carboxylic acids is 1. The Morgan fingerprint density at radius 2 is 2.21 bits per heavy atom. The number of carbonyl (C=O) groups is 1. The lowest BCUT2D eigenvalue weighted by Crippen LogP contribution is -2.30. The summed E-state index contributed by atoms with van der Waals surface area (Å²) in [6, 6.07) is 6.97. The number of benzene rings is 1. The van der Waals surface area contributed by atoms with E-state index in [1.807, 2.05) is 6.92 Å². The van der Waals surface area contributed by atoms with Crippen LogP contribution in [0.1, 0.15) is 23.0 Å². The van der Waals surface area contributed by atoms with E-state index >= 15 is 0 Å². The molecule has 1 heterocycles. The first-order valence-electron chi connectivity index (χ1n) is 6.00. The largest absolute Gasteiger partial charge is 0.392 e. The van der Waals surface area contributed by atoms with Gasteiger partial charge in [-0.2, -0.15) is 0 Å². The molecule has 4 nitrogen and oxygen atoms in total. The van der Waals surface area contributed by atoms with Crippen molar-refractivity contribution >= 4 is 28.4 Å². The predicted octanol–water partition coefficient (Wildman–Crippen LogP) is 2.31. The quantitative estimate of drug-likeness (QED) is 0.906. The Bertz CT molecular complexity index is 626. The van der Waals surface area contributed by atoms with Crippen molar-refractivity contribution < 1.29 is 9.90 Å². The highest BCUT2D eigenvalue weighted by Crippen LogP contribution is 2.22. The summed E-state index contributed by atoms with van der Waals surface area (Å²) >= 11 is 5.96. The second-order valence-electron chi connectivity index (χ2n) is 4.53. The van der Waals surface area contributed by atoms with Crippen LogP contribution in [-0.2, 0) is 0 Å². The minimum Gasteiger partial charge on any atom is -0.392 e. The first-order chi connectivity index (χ1) is 8.97. The molecule has 100 valence electrons. The summed E-state index contributed by atoms with van der Waals surface area (Å²) in [5.41, 5.74) is 2.01. The fourth-order valence-corrected chi connectivity index (χ4v) is 2.03. The van der Waals surface area contributed by atoms with E-state index in [0.717, 1.165) is 11.2 Å². The van der Waals surface area contributed by atoms with Crippen molar-refractivity contribution in [3.63, 3.8) is 0 Å². The number of aromatic nitrogens is 1. The van der Waals surface area contributed by atoms with Crippen LogP contribution in [-0.4, -0.2) is 28.6 Å². The zero-order valence-corrected chi connectivity index (χ0v) is 11.5. The summed E-state index contributed by atoms with van der Waals surface area (Å²) in [5, 5.41) is 13.2. The van der Waals surface area contributed by atoms with Gasteiger partial charge in [0, 0.05) is 22.6 Å². The van der Waals surface area contributed by atoms with Gasteiger partial charge in [0.05, 0.1) is 17.2 Å². The number of aliphatic hydroxyl groups is 1. The van der Waals surface area contributed by atoms with Crippen LogP contribution in [0.5, 0.6) is 0 Å². The lowest BCUT2D eigenvalue weighted by atomic mass is 10.1. The van der Waals surface area contributed by atoms with Crippen molar-refractivity contribution in [2.75, 3.05) is 6.54 Å². The van der Waals surface area contributed by atoms with Crippen LogP contribution in [0.15, 0.2) is 24.3 Å². The topological polar surface area (TPSA) is 62.2 Å². The van der Waals surface area contributed by atoms with Crippen LogP contribution < -0.4 is 5.32 Å². The molecular weight excluding hydrogens is 264 g/mol. The van der Waals surface area contributed by atoms with E-state index in [1.165, 1.54) is 0 Å². The Morgan fingerprint density at radius 3 is 2.89 bits per heavy atom. The van der Waals surface area contributed by atoms with Crippen LogP contribution in [0.3, 0.4) is 0 Å². The monoisotopic (exact) mass is 278 g/mol. The molecule has 1 atom stereocenters. The van der Waals surface area contributed by atoms with Gasteiger partial charge in [-0.25, -0.2) is 0 Å². The van der Waals surface area contributed by atoms with E-state index in [9.17, 15) is 9.90 Å². The van der Waals surface area contributed by atoms with Crippen LogP contribution in [0.25, 0.3) is 10.9 Å². The van der Waals surface area contributed by atoms with E-state index in [4.69, 9.17) is 11.6 Å². The van der Waals surface area contributed by atoms with Crippen molar-refractivity contribution in [3.8, 4) is 0 Å². The number of nitrogens with one attached hydrogen (secondary N) is 1. The van der Waals surface area contributed by atoms with Gasteiger partial charge in [-0.1, -0.05) is 11.6 Å². The molecule has 1 amide bonds. The highest BCUT2D eigenvalue weighted by Gasteiger charge is 2.12. The average Bonchev–Trinajstić information content (AvgIpc) is 2.35. The molecular formula is C14H15ClN2O2. The number of nitrogens with zero attached hydrogens (tertiary/aromatic N) is 1. The second-order valence-corrected chi connectivity index (χ2v) is 4.97. The molecule has 2 N–H and O–H groups in total. The molecule has 0 radical (unpaired) electrons. The minimum atomic E-state index is -0.582.